The third-order valence-corrected chi connectivity index (χ3v) is 8.16. The largest absolute Gasteiger partial charge is 0.487 e. The molecule has 0 radical (unpaired) electrons. The number of halogens is 1. The van der Waals surface area contributed by atoms with Gasteiger partial charge in [-0.3, -0.25) is 24.6 Å². The van der Waals surface area contributed by atoms with Crippen LogP contribution in [0.3, 0.4) is 0 Å². The van der Waals surface area contributed by atoms with E-state index in [0.29, 0.717) is 37.4 Å². The molecule has 3 aromatic rings. The molecule has 0 bridgehead atoms. The van der Waals surface area contributed by atoms with Crippen LogP contribution in [-0.4, -0.2) is 58.8 Å². The lowest BCUT2D eigenvalue weighted by atomic mass is 10.00. The van der Waals surface area contributed by atoms with Gasteiger partial charge in [0.2, 0.25) is 11.8 Å². The minimum absolute atomic E-state index is 0.0712. The molecule has 3 aliphatic rings. The summed E-state index contributed by atoms with van der Waals surface area (Å²) >= 11 is 0. The Bertz CT molecular complexity index is 1430. The molecule has 3 atom stereocenters. The molecule has 0 spiro atoms. The quantitative estimate of drug-likeness (QED) is 0.414. The van der Waals surface area contributed by atoms with Gasteiger partial charge in [0, 0.05) is 50.7 Å². The summed E-state index contributed by atoms with van der Waals surface area (Å²) in [6, 6.07) is 21.8. The fourth-order valence-electron chi connectivity index (χ4n) is 5.97. The number of rotatable bonds is 8. The van der Waals surface area contributed by atoms with Gasteiger partial charge < -0.3 is 15.0 Å². The molecule has 3 unspecified atom stereocenters. The van der Waals surface area contributed by atoms with Gasteiger partial charge in [-0.2, -0.15) is 0 Å². The number of fused-ring (bicyclic) bond motifs is 1. The van der Waals surface area contributed by atoms with Crippen molar-refractivity contribution in [2.45, 2.75) is 57.1 Å². The molecule has 2 N–H and O–H groups in total. The number of imide groups is 1. The highest BCUT2D eigenvalue weighted by Gasteiger charge is 2.39. The molecule has 3 heterocycles. The lowest BCUT2D eigenvalue weighted by Crippen LogP contribution is -2.54. The average molecular weight is 557 g/mol. The summed E-state index contributed by atoms with van der Waals surface area (Å²) < 4.78 is 20.0. The number of amides is 3. The van der Waals surface area contributed by atoms with Gasteiger partial charge >= 0.3 is 0 Å². The van der Waals surface area contributed by atoms with Crippen molar-refractivity contribution in [3.63, 3.8) is 0 Å². The van der Waals surface area contributed by atoms with Crippen molar-refractivity contribution in [1.82, 2.24) is 20.4 Å². The summed E-state index contributed by atoms with van der Waals surface area (Å²) in [4.78, 5) is 41.0. The minimum Gasteiger partial charge on any atom is -0.487 e. The maximum atomic E-state index is 13.4. The zero-order valence-electron chi connectivity index (χ0n) is 22.7. The van der Waals surface area contributed by atoms with Gasteiger partial charge in [-0.1, -0.05) is 42.5 Å². The monoisotopic (exact) mass is 556 g/mol. The molecule has 6 rings (SSSR count). The first-order valence-corrected chi connectivity index (χ1v) is 14.1. The zero-order chi connectivity index (χ0) is 28.3. The van der Waals surface area contributed by atoms with Crippen LogP contribution in [-0.2, 0) is 29.2 Å². The van der Waals surface area contributed by atoms with Crippen LogP contribution in [0, 0.1) is 5.82 Å². The molecule has 9 heteroatoms. The van der Waals surface area contributed by atoms with Crippen LogP contribution in [0.25, 0.3) is 0 Å². The van der Waals surface area contributed by atoms with Crippen LogP contribution in [0.4, 0.5) is 4.39 Å². The van der Waals surface area contributed by atoms with Crippen LogP contribution in [0.1, 0.15) is 46.3 Å². The third kappa shape index (κ3) is 6.16. The van der Waals surface area contributed by atoms with E-state index >= 15 is 0 Å². The van der Waals surface area contributed by atoms with Gasteiger partial charge in [0.1, 0.15) is 23.7 Å². The first kappa shape index (κ1) is 27.1. The van der Waals surface area contributed by atoms with Crippen molar-refractivity contribution in [2.75, 3.05) is 13.1 Å². The van der Waals surface area contributed by atoms with Gasteiger partial charge in [0.15, 0.2) is 0 Å². The number of ether oxygens (including phenoxy) is 1. The normalized spacial score (nSPS) is 22.9. The van der Waals surface area contributed by atoms with E-state index in [9.17, 15) is 18.8 Å². The number of nitrogens with one attached hydrogen (secondary N) is 2. The second-order valence-electron chi connectivity index (χ2n) is 11.0. The predicted octanol–water partition coefficient (Wildman–Crippen LogP) is 3.40. The number of piperidine rings is 2. The molecule has 3 aliphatic heterocycles. The van der Waals surface area contributed by atoms with Crippen molar-refractivity contribution in [3.05, 3.63) is 101 Å². The number of hydrogen-bond acceptors (Lipinski definition) is 6. The number of carbonyl (C=O) groups excluding carboxylic acids is 3. The molecule has 212 valence electrons. The Balaban J connectivity index is 1.17. The molecule has 2 fully saturated rings. The predicted molar refractivity (Wildman–Crippen MR) is 150 cm³/mol. The first-order valence-electron chi connectivity index (χ1n) is 14.1. The maximum absolute atomic E-state index is 13.4. The third-order valence-electron chi connectivity index (χ3n) is 8.16. The average Bonchev–Trinajstić information content (AvgIpc) is 3.29. The van der Waals surface area contributed by atoms with Crippen molar-refractivity contribution >= 4 is 17.7 Å². The summed E-state index contributed by atoms with van der Waals surface area (Å²) in [5.74, 6) is -0.513. The summed E-state index contributed by atoms with van der Waals surface area (Å²) in [5, 5.41) is 5.97. The first-order chi connectivity index (χ1) is 19.9. The van der Waals surface area contributed by atoms with Crippen molar-refractivity contribution in [3.8, 4) is 5.75 Å². The van der Waals surface area contributed by atoms with E-state index in [-0.39, 0.29) is 36.2 Å². The van der Waals surface area contributed by atoms with Gasteiger partial charge in [-0.25, -0.2) is 4.39 Å². The molecule has 3 amide bonds. The van der Waals surface area contributed by atoms with Crippen LogP contribution in [0.15, 0.2) is 72.8 Å². The molecular formula is C32H33FN4O4. The highest BCUT2D eigenvalue weighted by atomic mass is 19.1. The second-order valence-corrected chi connectivity index (χ2v) is 11.0. The molecule has 0 aromatic heterocycles. The molecule has 2 saturated heterocycles. The molecule has 41 heavy (non-hydrogen) atoms. The van der Waals surface area contributed by atoms with Crippen LogP contribution < -0.4 is 15.4 Å². The minimum atomic E-state index is -0.651. The SMILES string of the molecule is O=C1CCC(N2Cc3cc(OC4CN(Cc5ccccc5)CCC4NCc4ccc(F)cc4)ccc3C2=O)C(=O)N1. The Kier molecular flexibility index (Phi) is 7.80. The topological polar surface area (TPSA) is 91.0 Å². The van der Waals surface area contributed by atoms with Crippen molar-refractivity contribution in [2.24, 2.45) is 0 Å². The molecule has 0 saturated carbocycles. The van der Waals surface area contributed by atoms with Crippen molar-refractivity contribution < 1.29 is 23.5 Å². The van der Waals surface area contributed by atoms with E-state index in [1.165, 1.54) is 17.7 Å². The lowest BCUT2D eigenvalue weighted by molar-refractivity contribution is -0.136. The summed E-state index contributed by atoms with van der Waals surface area (Å²) in [7, 11) is 0. The second kappa shape index (κ2) is 11.8. The number of hydrogen-bond donors (Lipinski definition) is 2. The maximum Gasteiger partial charge on any atom is 0.255 e. The Labute approximate surface area is 238 Å². The van der Waals surface area contributed by atoms with E-state index in [0.717, 1.165) is 30.6 Å². The Hall–Kier alpha value is -4.08. The number of benzene rings is 3. The van der Waals surface area contributed by atoms with E-state index in [4.69, 9.17) is 4.74 Å². The zero-order valence-corrected chi connectivity index (χ0v) is 22.7. The van der Waals surface area contributed by atoms with Crippen LogP contribution in [0.2, 0.25) is 0 Å². The lowest BCUT2D eigenvalue weighted by Gasteiger charge is -2.39. The number of nitrogens with zero attached hydrogens (tertiary/aromatic N) is 2. The Morgan fingerprint density at radius 2 is 1.76 bits per heavy atom. The van der Waals surface area contributed by atoms with E-state index in [2.05, 4.69) is 27.7 Å². The highest BCUT2D eigenvalue weighted by molar-refractivity contribution is 6.05. The Morgan fingerprint density at radius 1 is 0.951 bits per heavy atom. The van der Waals surface area contributed by atoms with E-state index in [1.807, 2.05) is 30.3 Å². The summed E-state index contributed by atoms with van der Waals surface area (Å²) in [5.41, 5.74) is 3.61. The molecule has 8 nitrogen and oxygen atoms in total. The van der Waals surface area contributed by atoms with Gasteiger partial charge in [0.05, 0.1) is 0 Å². The van der Waals surface area contributed by atoms with Gasteiger partial charge in [-0.05, 0) is 59.9 Å². The number of carbonyl (C=O) groups is 3. The van der Waals surface area contributed by atoms with E-state index < -0.39 is 11.9 Å². The smallest absolute Gasteiger partial charge is 0.255 e. The van der Waals surface area contributed by atoms with Crippen LogP contribution >= 0.6 is 0 Å². The Morgan fingerprint density at radius 3 is 2.54 bits per heavy atom. The van der Waals surface area contributed by atoms with Crippen molar-refractivity contribution in [1.29, 1.82) is 0 Å². The number of likely N-dealkylation sites (tertiary alicyclic amines) is 1. The fourth-order valence-corrected chi connectivity index (χ4v) is 5.97. The molecular weight excluding hydrogens is 523 g/mol. The highest BCUT2D eigenvalue weighted by Crippen LogP contribution is 2.31. The molecule has 3 aromatic carbocycles. The van der Waals surface area contributed by atoms with Gasteiger partial charge in [0.25, 0.3) is 5.91 Å². The fraction of sp³-hybridized carbons (Fsp3) is 0.344. The van der Waals surface area contributed by atoms with Gasteiger partial charge in [-0.15, -0.1) is 0 Å². The van der Waals surface area contributed by atoms with E-state index in [1.54, 1.807) is 23.1 Å². The summed E-state index contributed by atoms with van der Waals surface area (Å²) in [6.07, 6.45) is 1.27. The van der Waals surface area contributed by atoms with Crippen LogP contribution in [0.5, 0.6) is 5.75 Å². The summed E-state index contributed by atoms with van der Waals surface area (Å²) in [6.45, 7) is 3.35. The molecule has 0 aliphatic carbocycles. The standard InChI is InChI=1S/C32H33FN4O4/c33-24-8-6-21(7-9-24)17-34-27-14-15-36(18-22-4-2-1-3-5-22)20-29(27)41-25-10-11-26-23(16-25)19-37(32(26)40)28-12-13-30(38)35-31(28)39/h1-11,16,27-29,34H,12-15,17-20H2,(H,35,38,39).